The van der Waals surface area contributed by atoms with Crippen molar-refractivity contribution < 1.29 is 4.39 Å². The van der Waals surface area contributed by atoms with Gasteiger partial charge in [0.2, 0.25) is 0 Å². The molecular formula is C11H17F. The van der Waals surface area contributed by atoms with Crippen molar-refractivity contribution in [2.24, 2.45) is 5.92 Å². The third-order valence-electron chi connectivity index (χ3n) is 1.55. The largest absolute Gasteiger partial charge is 0.207 e. The number of halogens is 1. The molecule has 0 heterocycles. The van der Waals surface area contributed by atoms with E-state index in [2.05, 4.69) is 20.4 Å². The number of hydrogen-bond donors (Lipinski definition) is 0. The molecule has 0 aromatic carbocycles. The number of hydrogen-bond acceptors (Lipinski definition) is 0. The Morgan fingerprint density at radius 2 is 2.08 bits per heavy atom. The van der Waals surface area contributed by atoms with Crippen LogP contribution in [0.4, 0.5) is 4.39 Å². The molecule has 0 aliphatic rings. The lowest BCUT2D eigenvalue weighted by Crippen LogP contribution is -1.92. The maximum atomic E-state index is 13.1. The van der Waals surface area contributed by atoms with Crippen LogP contribution in [0, 0.1) is 5.92 Å². The van der Waals surface area contributed by atoms with Crippen molar-refractivity contribution in [3.63, 3.8) is 0 Å². The molecule has 0 bridgehead atoms. The van der Waals surface area contributed by atoms with Gasteiger partial charge in [-0.15, -0.1) is 0 Å². The Labute approximate surface area is 74.5 Å². The first-order chi connectivity index (χ1) is 5.61. The van der Waals surface area contributed by atoms with E-state index in [1.165, 1.54) is 12.2 Å². The Morgan fingerprint density at radius 3 is 2.42 bits per heavy atom. The summed E-state index contributed by atoms with van der Waals surface area (Å²) in [7, 11) is 0. The molecule has 0 unspecified atom stereocenters. The van der Waals surface area contributed by atoms with E-state index in [0.717, 1.165) is 12.0 Å². The van der Waals surface area contributed by atoms with Crippen molar-refractivity contribution >= 4 is 0 Å². The monoisotopic (exact) mass is 168 g/mol. The molecule has 0 fully saturated rings. The van der Waals surface area contributed by atoms with E-state index in [4.69, 9.17) is 0 Å². The zero-order valence-corrected chi connectivity index (χ0v) is 8.10. The van der Waals surface area contributed by atoms with Gasteiger partial charge >= 0.3 is 0 Å². The van der Waals surface area contributed by atoms with Crippen LogP contribution in [0.2, 0.25) is 0 Å². The van der Waals surface area contributed by atoms with Gasteiger partial charge in [-0.1, -0.05) is 32.6 Å². The SMILES string of the molecule is C=C/C=C(F)\C(=C/C)CC(C)C. The minimum Gasteiger partial charge on any atom is -0.207 e. The van der Waals surface area contributed by atoms with E-state index in [0.29, 0.717) is 5.92 Å². The second kappa shape index (κ2) is 5.76. The van der Waals surface area contributed by atoms with E-state index in [9.17, 15) is 4.39 Å². The normalized spacial score (nSPS) is 13.8. The average Bonchev–Trinajstić information content (AvgIpc) is 2.00. The molecule has 0 aliphatic heterocycles. The Morgan fingerprint density at radius 1 is 1.50 bits per heavy atom. The first kappa shape index (κ1) is 11.2. The molecule has 68 valence electrons. The van der Waals surface area contributed by atoms with Gasteiger partial charge in [0.1, 0.15) is 5.83 Å². The molecule has 0 spiro atoms. The summed E-state index contributed by atoms with van der Waals surface area (Å²) >= 11 is 0. The third kappa shape index (κ3) is 4.12. The first-order valence-corrected chi connectivity index (χ1v) is 4.25. The van der Waals surface area contributed by atoms with E-state index in [1.807, 2.05) is 13.0 Å². The summed E-state index contributed by atoms with van der Waals surface area (Å²) < 4.78 is 13.1. The van der Waals surface area contributed by atoms with Crippen LogP contribution in [0.5, 0.6) is 0 Å². The Bertz CT molecular complexity index is 197. The third-order valence-corrected chi connectivity index (χ3v) is 1.55. The molecule has 0 atom stereocenters. The zero-order chi connectivity index (χ0) is 9.56. The topological polar surface area (TPSA) is 0 Å². The van der Waals surface area contributed by atoms with Crippen molar-refractivity contribution in [3.8, 4) is 0 Å². The van der Waals surface area contributed by atoms with Crippen LogP contribution in [0.3, 0.4) is 0 Å². The lowest BCUT2D eigenvalue weighted by molar-refractivity contribution is 0.587. The van der Waals surface area contributed by atoms with Gasteiger partial charge in [0.15, 0.2) is 0 Å². The van der Waals surface area contributed by atoms with Gasteiger partial charge in [0, 0.05) is 0 Å². The highest BCUT2D eigenvalue weighted by Crippen LogP contribution is 2.19. The predicted octanol–water partition coefficient (Wildman–Crippen LogP) is 4.02. The summed E-state index contributed by atoms with van der Waals surface area (Å²) in [6.45, 7) is 9.46. The molecule has 12 heavy (non-hydrogen) atoms. The smallest absolute Gasteiger partial charge is 0.126 e. The van der Waals surface area contributed by atoms with Crippen LogP contribution >= 0.6 is 0 Å². The summed E-state index contributed by atoms with van der Waals surface area (Å²) in [5, 5.41) is 0. The summed E-state index contributed by atoms with van der Waals surface area (Å²) in [4.78, 5) is 0. The van der Waals surface area contributed by atoms with Gasteiger partial charge in [-0.05, 0) is 30.9 Å². The maximum Gasteiger partial charge on any atom is 0.126 e. The van der Waals surface area contributed by atoms with Crippen LogP contribution in [0.1, 0.15) is 27.2 Å². The molecule has 0 aromatic heterocycles. The van der Waals surface area contributed by atoms with Crippen LogP contribution in [-0.4, -0.2) is 0 Å². The highest BCUT2D eigenvalue weighted by Gasteiger charge is 2.04. The molecule has 0 N–H and O–H groups in total. The number of rotatable bonds is 4. The van der Waals surface area contributed by atoms with E-state index < -0.39 is 0 Å². The summed E-state index contributed by atoms with van der Waals surface area (Å²) in [5.74, 6) is 0.321. The predicted molar refractivity (Wildman–Crippen MR) is 52.6 cm³/mol. The minimum atomic E-state index is -0.166. The van der Waals surface area contributed by atoms with E-state index >= 15 is 0 Å². The lowest BCUT2D eigenvalue weighted by atomic mass is 10.0. The summed E-state index contributed by atoms with van der Waals surface area (Å²) in [6.07, 6.45) is 5.47. The Balaban J connectivity index is 4.37. The molecule has 0 saturated heterocycles. The quantitative estimate of drug-likeness (QED) is 0.556. The van der Waals surface area contributed by atoms with Crippen LogP contribution < -0.4 is 0 Å². The summed E-state index contributed by atoms with van der Waals surface area (Å²) in [5.41, 5.74) is 0.768. The standard InChI is InChI=1S/C11H17F/c1-5-7-11(12)10(6-2)8-9(3)4/h5-7,9H,1,8H2,2-4H3/b10-6-,11-7+. The maximum absolute atomic E-state index is 13.1. The molecule has 0 saturated carbocycles. The Kier molecular flexibility index (Phi) is 5.35. The average molecular weight is 168 g/mol. The fraction of sp³-hybridized carbons (Fsp3) is 0.455. The fourth-order valence-electron chi connectivity index (χ4n) is 1.00. The first-order valence-electron chi connectivity index (χ1n) is 4.25. The molecule has 0 aromatic rings. The van der Waals surface area contributed by atoms with Gasteiger partial charge in [0.05, 0.1) is 0 Å². The minimum absolute atomic E-state index is 0.166. The molecule has 1 heteroatoms. The van der Waals surface area contributed by atoms with Crippen molar-refractivity contribution in [3.05, 3.63) is 36.2 Å². The molecule has 0 amide bonds. The van der Waals surface area contributed by atoms with Crippen LogP contribution in [0.25, 0.3) is 0 Å². The molecule has 0 aliphatic carbocycles. The molecular weight excluding hydrogens is 151 g/mol. The molecule has 0 radical (unpaired) electrons. The van der Waals surface area contributed by atoms with Crippen molar-refractivity contribution in [2.45, 2.75) is 27.2 Å². The van der Waals surface area contributed by atoms with E-state index in [1.54, 1.807) is 0 Å². The lowest BCUT2D eigenvalue weighted by Gasteiger charge is -2.06. The van der Waals surface area contributed by atoms with Crippen molar-refractivity contribution in [2.75, 3.05) is 0 Å². The second-order valence-corrected chi connectivity index (χ2v) is 3.16. The van der Waals surface area contributed by atoms with E-state index in [-0.39, 0.29) is 5.83 Å². The van der Waals surface area contributed by atoms with Gasteiger partial charge in [0.25, 0.3) is 0 Å². The van der Waals surface area contributed by atoms with Crippen LogP contribution in [0.15, 0.2) is 36.2 Å². The van der Waals surface area contributed by atoms with Crippen LogP contribution in [-0.2, 0) is 0 Å². The van der Waals surface area contributed by atoms with Gasteiger partial charge in [-0.2, -0.15) is 0 Å². The van der Waals surface area contributed by atoms with Gasteiger partial charge in [-0.3, -0.25) is 0 Å². The van der Waals surface area contributed by atoms with Gasteiger partial charge in [-0.25, -0.2) is 4.39 Å². The van der Waals surface area contributed by atoms with Gasteiger partial charge < -0.3 is 0 Å². The highest BCUT2D eigenvalue weighted by atomic mass is 19.1. The summed E-state index contributed by atoms with van der Waals surface area (Å²) in [6, 6.07) is 0. The Hall–Kier alpha value is -0.850. The number of allylic oxidation sites excluding steroid dienone is 5. The van der Waals surface area contributed by atoms with Crippen molar-refractivity contribution in [1.29, 1.82) is 0 Å². The highest BCUT2D eigenvalue weighted by molar-refractivity contribution is 5.27. The molecule has 0 rings (SSSR count). The fourth-order valence-corrected chi connectivity index (χ4v) is 1.00. The molecule has 0 nitrogen and oxygen atoms in total. The second-order valence-electron chi connectivity index (χ2n) is 3.16. The zero-order valence-electron chi connectivity index (χ0n) is 8.10. The van der Waals surface area contributed by atoms with Crippen molar-refractivity contribution in [1.82, 2.24) is 0 Å².